The average Bonchev–Trinajstić information content (AvgIpc) is 2.54. The van der Waals surface area contributed by atoms with Gasteiger partial charge in [0, 0.05) is 12.8 Å². The highest BCUT2D eigenvalue weighted by Crippen LogP contribution is 2.36. The number of nitrogens with one attached hydrogen (secondary N) is 1. The molecule has 4 nitrogen and oxygen atoms in total. The lowest BCUT2D eigenvalue weighted by Gasteiger charge is -2.37. The molecular formula is C19H29NO3. The summed E-state index contributed by atoms with van der Waals surface area (Å²) in [6, 6.07) is 5.77. The van der Waals surface area contributed by atoms with E-state index in [-0.39, 0.29) is 5.91 Å². The van der Waals surface area contributed by atoms with Crippen LogP contribution in [-0.4, -0.2) is 25.2 Å². The maximum absolute atomic E-state index is 12.8. The normalized spacial score (nSPS) is 24.3. The molecule has 2 rings (SSSR count). The lowest BCUT2D eigenvalue weighted by Crippen LogP contribution is -2.47. The van der Waals surface area contributed by atoms with Crippen molar-refractivity contribution >= 4 is 11.6 Å². The van der Waals surface area contributed by atoms with Crippen LogP contribution in [0.5, 0.6) is 5.75 Å². The highest BCUT2D eigenvalue weighted by molar-refractivity contribution is 5.97. The molecule has 128 valence electrons. The molecule has 1 aromatic carbocycles. The minimum Gasteiger partial charge on any atom is -0.493 e. The number of methoxy groups -OCH3 is 1. The summed E-state index contributed by atoms with van der Waals surface area (Å²) in [5.74, 6) is 1.35. The van der Waals surface area contributed by atoms with E-state index in [0.29, 0.717) is 12.5 Å². The molecule has 0 unspecified atom stereocenters. The molecule has 1 N–H and O–H groups in total. The summed E-state index contributed by atoms with van der Waals surface area (Å²) in [7, 11) is 1.64. The number of hydrogen-bond donors (Lipinski definition) is 1. The Balaban J connectivity index is 2.08. The standard InChI is InChI=1S/C19H29NO3/c1-5-11-23-17-9-8-16(12-15(17)3)20-18(21)19(22-4)10-6-7-14(2)13-19/h8-9,12,14H,5-7,10-11,13H2,1-4H3,(H,20,21)/t14-,19+/m0/s1. The van der Waals surface area contributed by atoms with Crippen LogP contribution in [0.25, 0.3) is 0 Å². The van der Waals surface area contributed by atoms with Gasteiger partial charge < -0.3 is 14.8 Å². The van der Waals surface area contributed by atoms with Gasteiger partial charge in [0.25, 0.3) is 5.91 Å². The minimum atomic E-state index is -0.692. The van der Waals surface area contributed by atoms with E-state index in [0.717, 1.165) is 42.7 Å². The summed E-state index contributed by atoms with van der Waals surface area (Å²) in [6.45, 7) is 6.97. The maximum atomic E-state index is 12.8. The first-order valence-corrected chi connectivity index (χ1v) is 8.61. The van der Waals surface area contributed by atoms with Gasteiger partial charge in [0.2, 0.25) is 0 Å². The van der Waals surface area contributed by atoms with Gasteiger partial charge in [-0.2, -0.15) is 0 Å². The van der Waals surface area contributed by atoms with E-state index in [1.807, 2.05) is 25.1 Å². The van der Waals surface area contributed by atoms with Crippen molar-refractivity contribution in [2.45, 2.75) is 58.5 Å². The predicted molar refractivity (Wildman–Crippen MR) is 93.0 cm³/mol. The Hall–Kier alpha value is -1.55. The molecule has 0 spiro atoms. The van der Waals surface area contributed by atoms with Crippen molar-refractivity contribution in [2.75, 3.05) is 19.0 Å². The van der Waals surface area contributed by atoms with E-state index in [2.05, 4.69) is 19.2 Å². The largest absolute Gasteiger partial charge is 0.493 e. The third-order valence-corrected chi connectivity index (χ3v) is 4.65. The lowest BCUT2D eigenvalue weighted by atomic mass is 9.78. The molecule has 1 aliphatic carbocycles. The number of anilines is 1. The molecule has 0 aromatic heterocycles. The maximum Gasteiger partial charge on any atom is 0.256 e. The third kappa shape index (κ3) is 4.25. The number of carbonyl (C=O) groups is 1. The van der Waals surface area contributed by atoms with Gasteiger partial charge in [-0.15, -0.1) is 0 Å². The Kier molecular flexibility index (Phi) is 6.05. The zero-order valence-electron chi connectivity index (χ0n) is 14.8. The van der Waals surface area contributed by atoms with Crippen LogP contribution >= 0.6 is 0 Å². The molecule has 1 aromatic rings. The first-order valence-electron chi connectivity index (χ1n) is 8.61. The van der Waals surface area contributed by atoms with Gasteiger partial charge >= 0.3 is 0 Å². The number of carbonyl (C=O) groups excluding carboxylic acids is 1. The second-order valence-corrected chi connectivity index (χ2v) is 6.68. The number of benzene rings is 1. The van der Waals surface area contributed by atoms with Crippen molar-refractivity contribution in [3.05, 3.63) is 23.8 Å². The van der Waals surface area contributed by atoms with E-state index >= 15 is 0 Å². The Morgan fingerprint density at radius 3 is 2.83 bits per heavy atom. The lowest BCUT2D eigenvalue weighted by molar-refractivity contribution is -0.143. The Morgan fingerprint density at radius 1 is 1.43 bits per heavy atom. The number of aryl methyl sites for hydroxylation is 1. The van der Waals surface area contributed by atoms with E-state index in [9.17, 15) is 4.79 Å². The molecule has 23 heavy (non-hydrogen) atoms. The fourth-order valence-electron chi connectivity index (χ4n) is 3.33. The molecule has 0 bridgehead atoms. The van der Waals surface area contributed by atoms with Gasteiger partial charge in [0.05, 0.1) is 6.61 Å². The summed E-state index contributed by atoms with van der Waals surface area (Å²) in [4.78, 5) is 12.8. The van der Waals surface area contributed by atoms with Crippen LogP contribution in [0.3, 0.4) is 0 Å². The Morgan fingerprint density at radius 2 is 2.22 bits per heavy atom. The van der Waals surface area contributed by atoms with Gasteiger partial charge in [-0.25, -0.2) is 0 Å². The topological polar surface area (TPSA) is 47.6 Å². The summed E-state index contributed by atoms with van der Waals surface area (Å²) in [5.41, 5.74) is 1.13. The van der Waals surface area contributed by atoms with E-state index in [1.54, 1.807) is 7.11 Å². The average molecular weight is 319 g/mol. The van der Waals surface area contributed by atoms with Crippen LogP contribution in [0, 0.1) is 12.8 Å². The number of ether oxygens (including phenoxy) is 2. The van der Waals surface area contributed by atoms with Gasteiger partial charge in [0.15, 0.2) is 0 Å². The van der Waals surface area contributed by atoms with Crippen LogP contribution < -0.4 is 10.1 Å². The summed E-state index contributed by atoms with van der Waals surface area (Å²) in [6.07, 6.45) is 4.75. The Labute approximate surface area is 139 Å². The van der Waals surface area contributed by atoms with Gasteiger partial charge in [0.1, 0.15) is 11.4 Å². The van der Waals surface area contributed by atoms with Crippen molar-refractivity contribution in [1.29, 1.82) is 0 Å². The van der Waals surface area contributed by atoms with E-state index < -0.39 is 5.60 Å². The molecule has 0 saturated heterocycles. The quantitative estimate of drug-likeness (QED) is 0.849. The van der Waals surface area contributed by atoms with Crippen molar-refractivity contribution in [3.8, 4) is 5.75 Å². The molecule has 1 aliphatic rings. The molecule has 1 amide bonds. The Bertz CT molecular complexity index is 543. The van der Waals surface area contributed by atoms with E-state index in [1.165, 1.54) is 6.42 Å². The van der Waals surface area contributed by atoms with Crippen LogP contribution in [0.1, 0.15) is 51.5 Å². The van der Waals surface area contributed by atoms with Gasteiger partial charge in [-0.3, -0.25) is 4.79 Å². The zero-order chi connectivity index (χ0) is 16.9. The smallest absolute Gasteiger partial charge is 0.256 e. The fraction of sp³-hybridized carbons (Fsp3) is 0.632. The van der Waals surface area contributed by atoms with Crippen LogP contribution in [0.4, 0.5) is 5.69 Å². The minimum absolute atomic E-state index is 0.0341. The third-order valence-electron chi connectivity index (χ3n) is 4.65. The molecule has 0 aliphatic heterocycles. The highest BCUT2D eigenvalue weighted by Gasteiger charge is 2.41. The first-order chi connectivity index (χ1) is 11.0. The summed E-state index contributed by atoms with van der Waals surface area (Å²) in [5, 5.41) is 3.03. The monoisotopic (exact) mass is 319 g/mol. The number of hydrogen-bond acceptors (Lipinski definition) is 3. The molecular weight excluding hydrogens is 290 g/mol. The SMILES string of the molecule is CCCOc1ccc(NC(=O)[C@@]2(OC)CCC[C@H](C)C2)cc1C. The van der Waals surface area contributed by atoms with Crippen LogP contribution in [0.2, 0.25) is 0 Å². The second kappa shape index (κ2) is 7.82. The first kappa shape index (κ1) is 17.8. The molecule has 2 atom stereocenters. The van der Waals surface area contributed by atoms with Crippen molar-refractivity contribution in [3.63, 3.8) is 0 Å². The van der Waals surface area contributed by atoms with Gasteiger partial charge in [-0.05, 0) is 62.3 Å². The van der Waals surface area contributed by atoms with E-state index in [4.69, 9.17) is 9.47 Å². The van der Waals surface area contributed by atoms with Crippen molar-refractivity contribution < 1.29 is 14.3 Å². The van der Waals surface area contributed by atoms with Gasteiger partial charge in [-0.1, -0.05) is 20.3 Å². The summed E-state index contributed by atoms with van der Waals surface area (Å²) < 4.78 is 11.3. The van der Waals surface area contributed by atoms with Crippen molar-refractivity contribution in [2.24, 2.45) is 5.92 Å². The second-order valence-electron chi connectivity index (χ2n) is 6.68. The van der Waals surface area contributed by atoms with Crippen LogP contribution in [-0.2, 0) is 9.53 Å². The molecule has 1 saturated carbocycles. The summed E-state index contributed by atoms with van der Waals surface area (Å²) >= 11 is 0. The highest BCUT2D eigenvalue weighted by atomic mass is 16.5. The van der Waals surface area contributed by atoms with Crippen LogP contribution in [0.15, 0.2) is 18.2 Å². The molecule has 0 radical (unpaired) electrons. The molecule has 1 fully saturated rings. The fourth-order valence-corrected chi connectivity index (χ4v) is 3.33. The predicted octanol–water partition coefficient (Wildman–Crippen LogP) is 4.32. The zero-order valence-corrected chi connectivity index (χ0v) is 14.8. The van der Waals surface area contributed by atoms with Crippen molar-refractivity contribution in [1.82, 2.24) is 0 Å². The number of amides is 1. The molecule has 4 heteroatoms. The number of rotatable bonds is 6. The molecule has 0 heterocycles.